The number of nitrogens with one attached hydrogen (secondary N) is 1. The van der Waals surface area contributed by atoms with Gasteiger partial charge in [-0.15, -0.1) is 0 Å². The Bertz CT molecular complexity index is 1310. The summed E-state index contributed by atoms with van der Waals surface area (Å²) in [5.74, 6) is -1.41. The van der Waals surface area contributed by atoms with Crippen molar-refractivity contribution in [2.24, 2.45) is 0 Å². The number of aryl methyl sites for hydroxylation is 1. The highest BCUT2D eigenvalue weighted by Crippen LogP contribution is 2.28. The first-order valence-electron chi connectivity index (χ1n) is 9.94. The SMILES string of the molecule is Cc1ccccc1-c1cc(C(=O)Nc2cccc(C(=O)O)c2)c2cnn(C(C)C)c2n1. The molecule has 31 heavy (non-hydrogen) atoms. The molecular formula is C24H22N4O3. The van der Waals surface area contributed by atoms with Crippen molar-refractivity contribution in [3.05, 3.63) is 77.5 Å². The van der Waals surface area contributed by atoms with Gasteiger partial charge in [0.05, 0.1) is 28.4 Å². The van der Waals surface area contributed by atoms with Crippen LogP contribution < -0.4 is 5.32 Å². The molecule has 4 rings (SSSR count). The minimum Gasteiger partial charge on any atom is -0.478 e. The summed E-state index contributed by atoms with van der Waals surface area (Å²) in [5, 5.41) is 17.1. The number of carbonyl (C=O) groups excluding carboxylic acids is 1. The van der Waals surface area contributed by atoms with Crippen molar-refractivity contribution in [3.8, 4) is 11.3 Å². The molecule has 1 amide bonds. The average molecular weight is 414 g/mol. The molecule has 7 nitrogen and oxygen atoms in total. The van der Waals surface area contributed by atoms with Gasteiger partial charge in [-0.05, 0) is 50.6 Å². The van der Waals surface area contributed by atoms with E-state index >= 15 is 0 Å². The summed E-state index contributed by atoms with van der Waals surface area (Å²) in [5.41, 5.74) is 4.22. The second-order valence-corrected chi connectivity index (χ2v) is 7.63. The Labute approximate surface area is 179 Å². The monoisotopic (exact) mass is 414 g/mol. The lowest BCUT2D eigenvalue weighted by atomic mass is 10.0. The van der Waals surface area contributed by atoms with E-state index in [0.29, 0.717) is 28.0 Å². The first kappa shape index (κ1) is 20.3. The van der Waals surface area contributed by atoms with Crippen LogP contribution in [0.4, 0.5) is 5.69 Å². The first-order chi connectivity index (χ1) is 14.8. The number of fused-ring (bicyclic) bond motifs is 1. The lowest BCUT2D eigenvalue weighted by molar-refractivity contribution is 0.0696. The van der Waals surface area contributed by atoms with Gasteiger partial charge in [-0.1, -0.05) is 30.3 Å². The molecule has 0 saturated heterocycles. The molecule has 0 aliphatic rings. The van der Waals surface area contributed by atoms with E-state index in [1.165, 1.54) is 12.1 Å². The van der Waals surface area contributed by atoms with Gasteiger partial charge in [-0.3, -0.25) is 4.79 Å². The third kappa shape index (κ3) is 3.90. The van der Waals surface area contributed by atoms with Crippen molar-refractivity contribution in [1.29, 1.82) is 0 Å². The Morgan fingerprint density at radius 2 is 1.84 bits per heavy atom. The molecule has 7 heteroatoms. The molecule has 0 radical (unpaired) electrons. The van der Waals surface area contributed by atoms with E-state index in [-0.39, 0.29) is 17.5 Å². The van der Waals surface area contributed by atoms with Crippen LogP contribution in [0.25, 0.3) is 22.3 Å². The highest BCUT2D eigenvalue weighted by atomic mass is 16.4. The number of pyridine rings is 1. The number of aromatic carboxylic acids is 1. The average Bonchev–Trinajstić information content (AvgIpc) is 3.18. The third-order valence-corrected chi connectivity index (χ3v) is 5.09. The van der Waals surface area contributed by atoms with Crippen molar-refractivity contribution in [3.63, 3.8) is 0 Å². The van der Waals surface area contributed by atoms with Crippen molar-refractivity contribution < 1.29 is 14.7 Å². The number of nitrogens with zero attached hydrogens (tertiary/aromatic N) is 3. The molecule has 2 heterocycles. The maximum absolute atomic E-state index is 13.2. The predicted octanol–water partition coefficient (Wildman–Crippen LogP) is 4.94. The van der Waals surface area contributed by atoms with E-state index in [4.69, 9.17) is 4.98 Å². The molecule has 0 saturated carbocycles. The predicted molar refractivity (Wildman–Crippen MR) is 119 cm³/mol. The minimum atomic E-state index is -1.05. The van der Waals surface area contributed by atoms with E-state index in [9.17, 15) is 14.7 Å². The van der Waals surface area contributed by atoms with E-state index < -0.39 is 5.97 Å². The Morgan fingerprint density at radius 3 is 2.55 bits per heavy atom. The van der Waals surface area contributed by atoms with Gasteiger partial charge in [0, 0.05) is 17.3 Å². The van der Waals surface area contributed by atoms with Gasteiger partial charge in [0.2, 0.25) is 0 Å². The van der Waals surface area contributed by atoms with Gasteiger partial charge >= 0.3 is 5.97 Å². The van der Waals surface area contributed by atoms with E-state index in [0.717, 1.165) is 11.1 Å². The lowest BCUT2D eigenvalue weighted by Crippen LogP contribution is -2.14. The number of hydrogen-bond donors (Lipinski definition) is 2. The van der Waals surface area contributed by atoms with Crippen molar-refractivity contribution >= 4 is 28.6 Å². The lowest BCUT2D eigenvalue weighted by Gasteiger charge is -2.12. The van der Waals surface area contributed by atoms with Gasteiger partial charge in [0.15, 0.2) is 5.65 Å². The number of rotatable bonds is 5. The Balaban J connectivity index is 1.84. The summed E-state index contributed by atoms with van der Waals surface area (Å²) >= 11 is 0. The number of carboxylic acids is 1. The fourth-order valence-electron chi connectivity index (χ4n) is 3.51. The van der Waals surface area contributed by atoms with Crippen LogP contribution in [0, 0.1) is 6.92 Å². The number of aromatic nitrogens is 3. The number of carboxylic acid groups (broad SMARTS) is 1. The maximum atomic E-state index is 13.2. The van der Waals surface area contributed by atoms with Crippen LogP contribution in [0.1, 0.15) is 46.2 Å². The van der Waals surface area contributed by atoms with Crippen LogP contribution in [-0.4, -0.2) is 31.7 Å². The molecule has 156 valence electrons. The van der Waals surface area contributed by atoms with Crippen molar-refractivity contribution in [1.82, 2.24) is 14.8 Å². The normalized spacial score (nSPS) is 11.1. The Kier molecular flexibility index (Phi) is 5.25. The second kappa shape index (κ2) is 8.02. The molecule has 0 spiro atoms. The molecule has 2 N–H and O–H groups in total. The van der Waals surface area contributed by atoms with E-state index in [1.54, 1.807) is 29.1 Å². The van der Waals surface area contributed by atoms with Crippen LogP contribution >= 0.6 is 0 Å². The van der Waals surface area contributed by atoms with Gasteiger partial charge < -0.3 is 10.4 Å². The van der Waals surface area contributed by atoms with Gasteiger partial charge in [-0.2, -0.15) is 5.10 Å². The molecule has 0 aliphatic carbocycles. The number of carbonyl (C=O) groups is 2. The standard InChI is InChI=1S/C24H22N4O3/c1-14(2)28-22-20(13-25-28)19(12-21(27-22)18-10-5-4-7-15(18)3)23(29)26-17-9-6-8-16(11-17)24(30)31/h4-14H,1-3H3,(H,26,29)(H,30,31). The smallest absolute Gasteiger partial charge is 0.335 e. The van der Waals surface area contributed by atoms with Crippen molar-refractivity contribution in [2.75, 3.05) is 5.32 Å². The first-order valence-corrected chi connectivity index (χ1v) is 9.94. The molecule has 0 fully saturated rings. The minimum absolute atomic E-state index is 0.0697. The molecule has 2 aromatic carbocycles. The Morgan fingerprint density at radius 1 is 1.06 bits per heavy atom. The summed E-state index contributed by atoms with van der Waals surface area (Å²) < 4.78 is 1.79. The largest absolute Gasteiger partial charge is 0.478 e. The number of benzene rings is 2. The highest BCUT2D eigenvalue weighted by Gasteiger charge is 2.19. The zero-order chi connectivity index (χ0) is 22.1. The quantitative estimate of drug-likeness (QED) is 0.482. The summed E-state index contributed by atoms with van der Waals surface area (Å²) in [7, 11) is 0. The maximum Gasteiger partial charge on any atom is 0.335 e. The molecule has 4 aromatic rings. The summed E-state index contributed by atoms with van der Waals surface area (Å²) in [6.07, 6.45) is 1.65. The molecular weight excluding hydrogens is 392 g/mol. The van der Waals surface area contributed by atoms with Crippen LogP contribution in [-0.2, 0) is 0 Å². The fraction of sp³-hybridized carbons (Fsp3) is 0.167. The molecule has 0 unspecified atom stereocenters. The number of hydrogen-bond acceptors (Lipinski definition) is 4. The van der Waals surface area contributed by atoms with Crippen LogP contribution in [0.3, 0.4) is 0 Å². The van der Waals surface area contributed by atoms with Crippen molar-refractivity contribution in [2.45, 2.75) is 26.8 Å². The zero-order valence-electron chi connectivity index (χ0n) is 17.5. The highest BCUT2D eigenvalue weighted by molar-refractivity contribution is 6.13. The molecule has 0 aliphatic heterocycles. The number of anilines is 1. The molecule has 0 atom stereocenters. The van der Waals surface area contributed by atoms with Gasteiger partial charge in [-0.25, -0.2) is 14.5 Å². The van der Waals surface area contributed by atoms with E-state index in [1.807, 2.05) is 45.0 Å². The van der Waals surface area contributed by atoms with Crippen LogP contribution in [0.2, 0.25) is 0 Å². The van der Waals surface area contributed by atoms with Gasteiger partial charge in [0.1, 0.15) is 0 Å². The summed E-state index contributed by atoms with van der Waals surface area (Å²) in [4.78, 5) is 29.3. The van der Waals surface area contributed by atoms with Crippen LogP contribution in [0.15, 0.2) is 60.8 Å². The summed E-state index contributed by atoms with van der Waals surface area (Å²) in [6, 6.07) is 15.8. The number of amides is 1. The fourth-order valence-corrected chi connectivity index (χ4v) is 3.51. The zero-order valence-corrected chi connectivity index (χ0v) is 17.5. The van der Waals surface area contributed by atoms with Gasteiger partial charge in [0.25, 0.3) is 5.91 Å². The molecule has 2 aromatic heterocycles. The van der Waals surface area contributed by atoms with E-state index in [2.05, 4.69) is 10.4 Å². The third-order valence-electron chi connectivity index (χ3n) is 5.09. The second-order valence-electron chi connectivity index (χ2n) is 7.63. The molecule has 0 bridgehead atoms. The topological polar surface area (TPSA) is 97.1 Å². The van der Waals surface area contributed by atoms with Crippen LogP contribution in [0.5, 0.6) is 0 Å². The summed E-state index contributed by atoms with van der Waals surface area (Å²) in [6.45, 7) is 6.01. The Hall–Kier alpha value is -4.00.